The summed E-state index contributed by atoms with van der Waals surface area (Å²) in [5, 5.41) is 3.72. The molecule has 106 valence electrons. The third kappa shape index (κ3) is 5.23. The van der Waals surface area contributed by atoms with E-state index in [4.69, 9.17) is 4.74 Å². The lowest BCUT2D eigenvalue weighted by Crippen LogP contribution is -2.29. The van der Waals surface area contributed by atoms with Gasteiger partial charge in [-0.25, -0.2) is 0 Å². The second-order valence-corrected chi connectivity index (χ2v) is 5.50. The van der Waals surface area contributed by atoms with Crippen LogP contribution in [0, 0.1) is 0 Å². The average Bonchev–Trinajstić information content (AvgIpc) is 2.38. The van der Waals surface area contributed by atoms with E-state index in [1.807, 2.05) is 13.0 Å². The first-order valence-electron chi connectivity index (χ1n) is 7.83. The van der Waals surface area contributed by atoms with Gasteiger partial charge in [0, 0.05) is 12.6 Å². The Kier molecular flexibility index (Phi) is 6.22. The molecular formula is C17H27NO. The molecule has 0 aromatic heterocycles. The van der Waals surface area contributed by atoms with Crippen molar-refractivity contribution < 1.29 is 4.74 Å². The van der Waals surface area contributed by atoms with Gasteiger partial charge in [0.25, 0.3) is 0 Å². The number of hydrogen-bond acceptors (Lipinski definition) is 2. The highest BCUT2D eigenvalue weighted by molar-refractivity contribution is 5.28. The van der Waals surface area contributed by atoms with E-state index in [1.54, 1.807) is 0 Å². The summed E-state index contributed by atoms with van der Waals surface area (Å²) in [6.07, 6.45) is 9.71. The van der Waals surface area contributed by atoms with Crippen molar-refractivity contribution in [3.63, 3.8) is 0 Å². The number of nitrogens with one attached hydrogen (secondary N) is 1. The first kappa shape index (κ1) is 14.4. The van der Waals surface area contributed by atoms with Crippen molar-refractivity contribution in [3.05, 3.63) is 29.8 Å². The van der Waals surface area contributed by atoms with Gasteiger partial charge in [-0.2, -0.15) is 0 Å². The van der Waals surface area contributed by atoms with Crippen LogP contribution in [0.1, 0.15) is 57.4 Å². The molecule has 1 N–H and O–H groups in total. The molecule has 0 spiro atoms. The third-order valence-electron chi connectivity index (χ3n) is 3.91. The van der Waals surface area contributed by atoms with E-state index in [9.17, 15) is 0 Å². The summed E-state index contributed by atoms with van der Waals surface area (Å²) in [5.74, 6) is 0.986. The van der Waals surface area contributed by atoms with Gasteiger partial charge in [0.1, 0.15) is 5.75 Å². The van der Waals surface area contributed by atoms with E-state index in [-0.39, 0.29) is 0 Å². The molecule has 19 heavy (non-hydrogen) atoms. The lowest BCUT2D eigenvalue weighted by Gasteiger charge is -2.21. The van der Waals surface area contributed by atoms with E-state index in [2.05, 4.69) is 23.5 Å². The van der Waals surface area contributed by atoms with Gasteiger partial charge >= 0.3 is 0 Å². The summed E-state index contributed by atoms with van der Waals surface area (Å²) in [6, 6.07) is 9.15. The zero-order valence-electron chi connectivity index (χ0n) is 12.2. The van der Waals surface area contributed by atoms with Gasteiger partial charge in [-0.15, -0.1) is 0 Å². The summed E-state index contributed by atoms with van der Waals surface area (Å²) in [6.45, 7) is 3.73. The largest absolute Gasteiger partial charge is 0.494 e. The Bertz CT molecular complexity index is 356. The lowest BCUT2D eigenvalue weighted by atomic mass is 9.96. The second-order valence-electron chi connectivity index (χ2n) is 5.50. The van der Waals surface area contributed by atoms with Gasteiger partial charge in [0.2, 0.25) is 0 Å². The molecule has 1 saturated carbocycles. The van der Waals surface area contributed by atoms with E-state index in [0.717, 1.165) is 18.9 Å². The zero-order valence-corrected chi connectivity index (χ0v) is 12.2. The fourth-order valence-electron chi connectivity index (χ4n) is 2.83. The standard InChI is InChI=1S/C17H27NO/c1-2-19-17-12-8-9-15(13-17)14-18-16-10-6-4-3-5-7-11-16/h8-9,12-13,16,18H,2-7,10-11,14H2,1H3. The molecule has 1 aromatic rings. The minimum absolute atomic E-state index is 0.705. The number of hydrogen-bond donors (Lipinski definition) is 1. The summed E-state index contributed by atoms with van der Waals surface area (Å²) < 4.78 is 5.55. The molecule has 2 nitrogen and oxygen atoms in total. The summed E-state index contributed by atoms with van der Waals surface area (Å²) in [4.78, 5) is 0. The Labute approximate surface area is 117 Å². The molecule has 0 saturated heterocycles. The van der Waals surface area contributed by atoms with Gasteiger partial charge in [0.05, 0.1) is 6.61 Å². The van der Waals surface area contributed by atoms with Crippen LogP contribution in [0.4, 0.5) is 0 Å². The van der Waals surface area contributed by atoms with E-state index < -0.39 is 0 Å². The van der Waals surface area contributed by atoms with Crippen LogP contribution in [-0.2, 0) is 6.54 Å². The Morgan fingerprint density at radius 1 is 1.11 bits per heavy atom. The van der Waals surface area contributed by atoms with Crippen LogP contribution in [0.2, 0.25) is 0 Å². The van der Waals surface area contributed by atoms with Crippen LogP contribution >= 0.6 is 0 Å². The highest BCUT2D eigenvalue weighted by Crippen LogP contribution is 2.18. The molecule has 1 aliphatic rings. The predicted molar refractivity (Wildman–Crippen MR) is 80.6 cm³/mol. The molecule has 0 aliphatic heterocycles. The highest BCUT2D eigenvalue weighted by atomic mass is 16.5. The lowest BCUT2D eigenvalue weighted by molar-refractivity contribution is 0.339. The maximum absolute atomic E-state index is 5.55. The molecule has 0 unspecified atom stereocenters. The van der Waals surface area contributed by atoms with Crippen LogP contribution in [0.5, 0.6) is 5.75 Å². The van der Waals surface area contributed by atoms with Crippen molar-refractivity contribution in [2.45, 2.75) is 64.5 Å². The Balaban J connectivity index is 1.81. The third-order valence-corrected chi connectivity index (χ3v) is 3.91. The molecule has 1 fully saturated rings. The molecule has 2 heteroatoms. The Morgan fingerprint density at radius 2 is 1.84 bits per heavy atom. The van der Waals surface area contributed by atoms with Crippen molar-refractivity contribution >= 4 is 0 Å². The van der Waals surface area contributed by atoms with Crippen molar-refractivity contribution in [3.8, 4) is 5.75 Å². The van der Waals surface area contributed by atoms with E-state index >= 15 is 0 Å². The first-order chi connectivity index (χ1) is 9.38. The minimum atomic E-state index is 0.705. The van der Waals surface area contributed by atoms with Gasteiger partial charge in [-0.1, -0.05) is 44.2 Å². The number of ether oxygens (including phenoxy) is 1. The summed E-state index contributed by atoms with van der Waals surface area (Å²) in [5.41, 5.74) is 1.33. The monoisotopic (exact) mass is 261 g/mol. The van der Waals surface area contributed by atoms with Crippen molar-refractivity contribution in [2.75, 3.05) is 6.61 Å². The Morgan fingerprint density at radius 3 is 2.58 bits per heavy atom. The first-order valence-corrected chi connectivity index (χ1v) is 7.83. The molecule has 0 radical (unpaired) electrons. The smallest absolute Gasteiger partial charge is 0.119 e. The molecule has 0 atom stereocenters. The molecule has 0 heterocycles. The maximum Gasteiger partial charge on any atom is 0.119 e. The van der Waals surface area contributed by atoms with Crippen LogP contribution in [0.25, 0.3) is 0 Å². The molecule has 1 aliphatic carbocycles. The molecular weight excluding hydrogens is 234 g/mol. The average molecular weight is 261 g/mol. The zero-order chi connectivity index (χ0) is 13.3. The van der Waals surface area contributed by atoms with Gasteiger partial charge in [-0.05, 0) is 37.5 Å². The van der Waals surface area contributed by atoms with E-state index in [0.29, 0.717) is 6.04 Å². The number of rotatable bonds is 5. The topological polar surface area (TPSA) is 21.3 Å². The van der Waals surface area contributed by atoms with E-state index in [1.165, 1.54) is 50.5 Å². The fraction of sp³-hybridized carbons (Fsp3) is 0.647. The summed E-state index contributed by atoms with van der Waals surface area (Å²) in [7, 11) is 0. The molecule has 0 bridgehead atoms. The molecule has 1 aromatic carbocycles. The maximum atomic E-state index is 5.55. The second kappa shape index (κ2) is 8.21. The van der Waals surface area contributed by atoms with Crippen molar-refractivity contribution in [1.29, 1.82) is 0 Å². The van der Waals surface area contributed by atoms with Gasteiger partial charge < -0.3 is 10.1 Å². The molecule has 2 rings (SSSR count). The minimum Gasteiger partial charge on any atom is -0.494 e. The van der Waals surface area contributed by atoms with Gasteiger partial charge in [0.15, 0.2) is 0 Å². The fourth-order valence-corrected chi connectivity index (χ4v) is 2.83. The van der Waals surface area contributed by atoms with Crippen LogP contribution in [0.3, 0.4) is 0 Å². The highest BCUT2D eigenvalue weighted by Gasteiger charge is 2.10. The van der Waals surface area contributed by atoms with Crippen LogP contribution in [0.15, 0.2) is 24.3 Å². The quantitative estimate of drug-likeness (QED) is 0.854. The summed E-state index contributed by atoms with van der Waals surface area (Å²) >= 11 is 0. The van der Waals surface area contributed by atoms with Gasteiger partial charge in [-0.3, -0.25) is 0 Å². The van der Waals surface area contributed by atoms with Crippen LogP contribution < -0.4 is 10.1 Å². The normalized spacial score (nSPS) is 17.7. The SMILES string of the molecule is CCOc1cccc(CNC2CCCCCCC2)c1. The van der Waals surface area contributed by atoms with Crippen LogP contribution in [-0.4, -0.2) is 12.6 Å². The number of benzene rings is 1. The van der Waals surface area contributed by atoms with Crippen molar-refractivity contribution in [2.24, 2.45) is 0 Å². The van der Waals surface area contributed by atoms with Crippen molar-refractivity contribution in [1.82, 2.24) is 5.32 Å². The Hall–Kier alpha value is -1.02. The molecule has 0 amide bonds. The predicted octanol–water partition coefficient (Wildman–Crippen LogP) is 4.29.